The number of hydrogen-bond acceptors (Lipinski definition) is 4. The zero-order valence-electron chi connectivity index (χ0n) is 11.7. The van der Waals surface area contributed by atoms with E-state index in [9.17, 15) is 13.2 Å². The summed E-state index contributed by atoms with van der Waals surface area (Å²) in [6, 6.07) is 0.197. The van der Waals surface area contributed by atoms with E-state index in [2.05, 4.69) is 10.6 Å². The molecule has 0 saturated heterocycles. The molecule has 0 aromatic heterocycles. The lowest BCUT2D eigenvalue weighted by Crippen LogP contribution is -2.34. The highest BCUT2D eigenvalue weighted by Crippen LogP contribution is 1.92. The van der Waals surface area contributed by atoms with E-state index in [-0.39, 0.29) is 23.5 Å². The molecule has 1 unspecified atom stereocenters. The van der Waals surface area contributed by atoms with Gasteiger partial charge >= 0.3 is 0 Å². The lowest BCUT2D eigenvalue weighted by Gasteiger charge is -2.11. The second-order valence-electron chi connectivity index (χ2n) is 4.53. The first-order valence-corrected chi connectivity index (χ1v) is 8.44. The fourth-order valence-electron chi connectivity index (χ4n) is 1.42. The van der Waals surface area contributed by atoms with Crippen molar-refractivity contribution in [3.05, 3.63) is 0 Å². The maximum atomic E-state index is 11.4. The SMILES string of the molecule is CCCS(=O)(=O)CCNCCC(=O)NC(C)CC. The number of sulfone groups is 1. The van der Waals surface area contributed by atoms with Crippen molar-refractivity contribution in [3.8, 4) is 0 Å². The van der Waals surface area contributed by atoms with Gasteiger partial charge in [-0.1, -0.05) is 13.8 Å². The maximum Gasteiger partial charge on any atom is 0.221 e. The summed E-state index contributed by atoms with van der Waals surface area (Å²) in [5, 5.41) is 5.84. The highest BCUT2D eigenvalue weighted by atomic mass is 32.2. The molecule has 108 valence electrons. The Bertz CT molecular complexity index is 328. The monoisotopic (exact) mass is 278 g/mol. The third-order valence-electron chi connectivity index (χ3n) is 2.65. The normalized spacial score (nSPS) is 13.3. The highest BCUT2D eigenvalue weighted by Gasteiger charge is 2.09. The lowest BCUT2D eigenvalue weighted by molar-refractivity contribution is -0.121. The summed E-state index contributed by atoms with van der Waals surface area (Å²) >= 11 is 0. The molecular weight excluding hydrogens is 252 g/mol. The molecule has 0 saturated carbocycles. The van der Waals surface area contributed by atoms with Gasteiger partial charge in [0.25, 0.3) is 0 Å². The van der Waals surface area contributed by atoms with Crippen molar-refractivity contribution >= 4 is 15.7 Å². The van der Waals surface area contributed by atoms with Gasteiger partial charge in [0.2, 0.25) is 5.91 Å². The molecule has 2 N–H and O–H groups in total. The maximum absolute atomic E-state index is 11.4. The van der Waals surface area contributed by atoms with Gasteiger partial charge in [0, 0.05) is 31.3 Å². The number of rotatable bonds is 10. The Morgan fingerprint density at radius 2 is 1.83 bits per heavy atom. The first-order chi connectivity index (χ1) is 8.41. The Hall–Kier alpha value is -0.620. The Labute approximate surface area is 111 Å². The van der Waals surface area contributed by atoms with Crippen molar-refractivity contribution in [2.24, 2.45) is 0 Å². The van der Waals surface area contributed by atoms with E-state index in [1.165, 1.54) is 0 Å². The van der Waals surface area contributed by atoms with Gasteiger partial charge in [0.1, 0.15) is 0 Å². The number of hydrogen-bond donors (Lipinski definition) is 2. The van der Waals surface area contributed by atoms with Crippen molar-refractivity contribution in [2.75, 3.05) is 24.6 Å². The molecule has 0 rings (SSSR count). The van der Waals surface area contributed by atoms with Gasteiger partial charge in [-0.05, 0) is 19.8 Å². The van der Waals surface area contributed by atoms with Gasteiger partial charge in [0.05, 0.1) is 5.75 Å². The third-order valence-corrected chi connectivity index (χ3v) is 4.51. The Balaban J connectivity index is 3.60. The molecule has 0 spiro atoms. The minimum atomic E-state index is -2.92. The predicted molar refractivity (Wildman–Crippen MR) is 74.3 cm³/mol. The first-order valence-electron chi connectivity index (χ1n) is 6.61. The molecule has 0 aliphatic carbocycles. The minimum absolute atomic E-state index is 0.00765. The van der Waals surface area contributed by atoms with E-state index < -0.39 is 9.84 Å². The van der Waals surface area contributed by atoms with Crippen LogP contribution in [0.15, 0.2) is 0 Å². The molecule has 0 aliphatic heterocycles. The van der Waals surface area contributed by atoms with Crippen LogP contribution in [0.25, 0.3) is 0 Å². The van der Waals surface area contributed by atoms with Gasteiger partial charge in [-0.2, -0.15) is 0 Å². The number of carbonyl (C=O) groups excluding carboxylic acids is 1. The molecule has 0 aromatic carbocycles. The Morgan fingerprint density at radius 1 is 1.17 bits per heavy atom. The van der Waals surface area contributed by atoms with E-state index in [1.807, 2.05) is 20.8 Å². The van der Waals surface area contributed by atoms with E-state index in [0.717, 1.165) is 6.42 Å². The zero-order chi connectivity index (χ0) is 14.0. The summed E-state index contributed by atoms with van der Waals surface area (Å²) in [4.78, 5) is 11.4. The summed E-state index contributed by atoms with van der Waals surface area (Å²) in [5.41, 5.74) is 0. The smallest absolute Gasteiger partial charge is 0.221 e. The Morgan fingerprint density at radius 3 is 2.39 bits per heavy atom. The Kier molecular flexibility index (Phi) is 9.01. The lowest BCUT2D eigenvalue weighted by atomic mass is 10.2. The van der Waals surface area contributed by atoms with Crippen molar-refractivity contribution in [1.82, 2.24) is 10.6 Å². The molecule has 5 nitrogen and oxygen atoms in total. The topological polar surface area (TPSA) is 75.3 Å². The highest BCUT2D eigenvalue weighted by molar-refractivity contribution is 7.91. The van der Waals surface area contributed by atoms with E-state index >= 15 is 0 Å². The number of amides is 1. The molecule has 1 atom stereocenters. The van der Waals surface area contributed by atoms with Crippen LogP contribution in [0.5, 0.6) is 0 Å². The molecule has 6 heteroatoms. The van der Waals surface area contributed by atoms with Crippen molar-refractivity contribution in [3.63, 3.8) is 0 Å². The van der Waals surface area contributed by atoms with Crippen LogP contribution in [0.3, 0.4) is 0 Å². The summed E-state index contributed by atoms with van der Waals surface area (Å²) in [6.45, 7) is 6.76. The van der Waals surface area contributed by atoms with Gasteiger partial charge in [-0.3, -0.25) is 4.79 Å². The van der Waals surface area contributed by atoms with Crippen LogP contribution in [-0.2, 0) is 14.6 Å². The van der Waals surface area contributed by atoms with Crippen LogP contribution in [0.1, 0.15) is 40.0 Å². The molecule has 0 fully saturated rings. The van der Waals surface area contributed by atoms with Crippen LogP contribution < -0.4 is 10.6 Å². The van der Waals surface area contributed by atoms with Gasteiger partial charge in [-0.25, -0.2) is 8.42 Å². The standard InChI is InChI=1S/C12H26N2O3S/c1-4-9-18(16,17)10-8-13-7-6-12(15)14-11(3)5-2/h11,13H,4-10H2,1-3H3,(H,14,15). The zero-order valence-corrected chi connectivity index (χ0v) is 12.5. The predicted octanol–water partition coefficient (Wildman–Crippen LogP) is 0.706. The third kappa shape index (κ3) is 9.41. The molecular formula is C12H26N2O3S. The molecule has 0 heterocycles. The van der Waals surface area contributed by atoms with Crippen LogP contribution in [-0.4, -0.2) is 45.0 Å². The fraction of sp³-hybridized carbons (Fsp3) is 0.917. The second-order valence-corrected chi connectivity index (χ2v) is 6.83. The molecule has 0 bridgehead atoms. The average molecular weight is 278 g/mol. The quantitative estimate of drug-likeness (QED) is 0.577. The summed E-state index contributed by atoms with van der Waals surface area (Å²) in [6.07, 6.45) is 1.95. The molecule has 1 amide bonds. The van der Waals surface area contributed by atoms with E-state index in [1.54, 1.807) is 0 Å². The second kappa shape index (κ2) is 9.33. The number of carbonyl (C=O) groups is 1. The van der Waals surface area contributed by atoms with Gasteiger partial charge in [0.15, 0.2) is 9.84 Å². The van der Waals surface area contributed by atoms with Crippen molar-refractivity contribution in [1.29, 1.82) is 0 Å². The fourth-order valence-corrected chi connectivity index (χ4v) is 2.70. The van der Waals surface area contributed by atoms with Crippen LogP contribution in [0.2, 0.25) is 0 Å². The van der Waals surface area contributed by atoms with Crippen molar-refractivity contribution in [2.45, 2.75) is 46.1 Å². The minimum Gasteiger partial charge on any atom is -0.354 e. The van der Waals surface area contributed by atoms with Gasteiger partial charge < -0.3 is 10.6 Å². The first kappa shape index (κ1) is 17.4. The van der Waals surface area contributed by atoms with Crippen molar-refractivity contribution < 1.29 is 13.2 Å². The van der Waals surface area contributed by atoms with E-state index in [4.69, 9.17) is 0 Å². The molecule has 0 aliphatic rings. The molecule has 0 radical (unpaired) electrons. The average Bonchev–Trinajstić information content (AvgIpc) is 2.28. The summed E-state index contributed by atoms with van der Waals surface area (Å²) < 4.78 is 22.8. The number of nitrogens with one attached hydrogen (secondary N) is 2. The van der Waals surface area contributed by atoms with Crippen LogP contribution in [0.4, 0.5) is 0 Å². The van der Waals surface area contributed by atoms with Crippen LogP contribution in [0, 0.1) is 0 Å². The van der Waals surface area contributed by atoms with Crippen LogP contribution >= 0.6 is 0 Å². The van der Waals surface area contributed by atoms with E-state index in [0.29, 0.717) is 25.9 Å². The molecule has 18 heavy (non-hydrogen) atoms. The summed E-state index contributed by atoms with van der Waals surface area (Å²) in [5.74, 6) is 0.394. The molecule has 0 aromatic rings. The largest absolute Gasteiger partial charge is 0.354 e. The summed E-state index contributed by atoms with van der Waals surface area (Å²) in [7, 11) is -2.92. The van der Waals surface area contributed by atoms with Gasteiger partial charge in [-0.15, -0.1) is 0 Å².